The zero-order chi connectivity index (χ0) is 15.8. The normalized spacial score (nSPS) is 24.4. The number of guanidine groups is 1. The molecule has 136 valence electrons. The van der Waals surface area contributed by atoms with Crippen molar-refractivity contribution in [3.05, 3.63) is 0 Å². The molecule has 7 heteroatoms. The summed E-state index contributed by atoms with van der Waals surface area (Å²) < 4.78 is 10.7. The summed E-state index contributed by atoms with van der Waals surface area (Å²) in [4.78, 5) is 9.71. The number of hydrogen-bond donors (Lipinski definition) is 1. The van der Waals surface area contributed by atoms with Crippen molar-refractivity contribution in [1.29, 1.82) is 0 Å². The second kappa shape index (κ2) is 11.4. The fourth-order valence-corrected chi connectivity index (χ4v) is 3.17. The third-order valence-electron chi connectivity index (χ3n) is 4.50. The highest BCUT2D eigenvalue weighted by atomic mass is 127. The van der Waals surface area contributed by atoms with E-state index in [2.05, 4.69) is 29.0 Å². The van der Waals surface area contributed by atoms with E-state index in [1.807, 2.05) is 0 Å². The Morgan fingerprint density at radius 1 is 1.35 bits per heavy atom. The minimum Gasteiger partial charge on any atom is -0.384 e. The highest BCUT2D eigenvalue weighted by Crippen LogP contribution is 2.16. The van der Waals surface area contributed by atoms with Crippen molar-refractivity contribution >= 4 is 29.9 Å². The summed E-state index contributed by atoms with van der Waals surface area (Å²) in [5.74, 6) is 1.69. The average molecular weight is 440 g/mol. The molecule has 0 saturated carbocycles. The molecule has 2 fully saturated rings. The number of hydrogen-bond acceptors (Lipinski definition) is 4. The molecule has 0 aliphatic carbocycles. The lowest BCUT2D eigenvalue weighted by molar-refractivity contribution is 0.0220. The highest BCUT2D eigenvalue weighted by Gasteiger charge is 2.25. The number of morpholine rings is 1. The summed E-state index contributed by atoms with van der Waals surface area (Å²) >= 11 is 0. The number of aliphatic imine (C=N–C) groups is 1. The third kappa shape index (κ3) is 6.72. The van der Waals surface area contributed by atoms with Crippen LogP contribution in [-0.4, -0.2) is 88.0 Å². The van der Waals surface area contributed by atoms with Gasteiger partial charge in [-0.2, -0.15) is 0 Å². The van der Waals surface area contributed by atoms with Gasteiger partial charge in [-0.05, 0) is 20.3 Å². The second-order valence-corrected chi connectivity index (χ2v) is 6.25. The molecule has 0 spiro atoms. The van der Waals surface area contributed by atoms with Gasteiger partial charge >= 0.3 is 0 Å². The SMILES string of the molecule is CCNC(=NCC(C)N1CCOCC1)N1CCC(COC)C1.I. The first-order valence-electron chi connectivity index (χ1n) is 8.58. The molecule has 6 nitrogen and oxygen atoms in total. The number of ether oxygens (including phenoxy) is 2. The van der Waals surface area contributed by atoms with Gasteiger partial charge in [-0.25, -0.2) is 0 Å². The van der Waals surface area contributed by atoms with Crippen LogP contribution in [0.5, 0.6) is 0 Å². The molecule has 0 amide bonds. The van der Waals surface area contributed by atoms with Crippen LogP contribution in [0.15, 0.2) is 4.99 Å². The van der Waals surface area contributed by atoms with Crippen molar-refractivity contribution < 1.29 is 9.47 Å². The monoisotopic (exact) mass is 440 g/mol. The molecule has 0 aromatic carbocycles. The molecule has 2 aliphatic heterocycles. The maximum Gasteiger partial charge on any atom is 0.193 e. The van der Waals surface area contributed by atoms with Gasteiger partial charge < -0.3 is 19.7 Å². The van der Waals surface area contributed by atoms with E-state index >= 15 is 0 Å². The molecular formula is C16H33IN4O2. The van der Waals surface area contributed by atoms with E-state index in [9.17, 15) is 0 Å². The molecule has 2 saturated heterocycles. The van der Waals surface area contributed by atoms with E-state index in [0.29, 0.717) is 12.0 Å². The Morgan fingerprint density at radius 2 is 2.09 bits per heavy atom. The first kappa shape index (κ1) is 20.9. The topological polar surface area (TPSA) is 49.3 Å². The Balaban J connectivity index is 0.00000264. The molecule has 0 bridgehead atoms. The van der Waals surface area contributed by atoms with Gasteiger partial charge in [-0.15, -0.1) is 24.0 Å². The van der Waals surface area contributed by atoms with Gasteiger partial charge in [0.2, 0.25) is 0 Å². The third-order valence-corrected chi connectivity index (χ3v) is 4.50. The number of rotatable bonds is 6. The van der Waals surface area contributed by atoms with Crippen LogP contribution in [0.3, 0.4) is 0 Å². The molecule has 1 N–H and O–H groups in total. The molecule has 0 aromatic rings. The number of likely N-dealkylation sites (tertiary alicyclic amines) is 1. The van der Waals surface area contributed by atoms with E-state index < -0.39 is 0 Å². The molecule has 2 rings (SSSR count). The van der Waals surface area contributed by atoms with Crippen molar-refractivity contribution in [2.24, 2.45) is 10.9 Å². The molecule has 2 heterocycles. The van der Waals surface area contributed by atoms with E-state index in [1.54, 1.807) is 7.11 Å². The number of nitrogens with one attached hydrogen (secondary N) is 1. The maximum absolute atomic E-state index is 5.42. The summed E-state index contributed by atoms with van der Waals surface area (Å²) in [7, 11) is 1.78. The maximum atomic E-state index is 5.42. The summed E-state index contributed by atoms with van der Waals surface area (Å²) in [6.45, 7) is 12.8. The fraction of sp³-hybridized carbons (Fsp3) is 0.938. The largest absolute Gasteiger partial charge is 0.384 e. The zero-order valence-electron chi connectivity index (χ0n) is 14.8. The Labute approximate surface area is 158 Å². The van der Waals surface area contributed by atoms with Crippen LogP contribution >= 0.6 is 24.0 Å². The van der Waals surface area contributed by atoms with Crippen LogP contribution in [-0.2, 0) is 9.47 Å². The van der Waals surface area contributed by atoms with Gasteiger partial charge in [0.25, 0.3) is 0 Å². The van der Waals surface area contributed by atoms with E-state index in [4.69, 9.17) is 14.5 Å². The average Bonchev–Trinajstić information content (AvgIpc) is 3.01. The lowest BCUT2D eigenvalue weighted by atomic mass is 10.1. The van der Waals surface area contributed by atoms with Gasteiger partial charge in [0.1, 0.15) is 0 Å². The van der Waals surface area contributed by atoms with Crippen molar-refractivity contribution in [3.63, 3.8) is 0 Å². The first-order valence-corrected chi connectivity index (χ1v) is 8.58. The van der Waals surface area contributed by atoms with Crippen LogP contribution in [0.2, 0.25) is 0 Å². The Kier molecular flexibility index (Phi) is 10.4. The predicted molar refractivity (Wildman–Crippen MR) is 105 cm³/mol. The summed E-state index contributed by atoms with van der Waals surface area (Å²) in [5.41, 5.74) is 0. The van der Waals surface area contributed by atoms with Gasteiger partial charge in [0.05, 0.1) is 26.4 Å². The Hall–Kier alpha value is -0.120. The van der Waals surface area contributed by atoms with Gasteiger partial charge in [-0.3, -0.25) is 9.89 Å². The molecule has 0 aromatic heterocycles. The molecule has 23 heavy (non-hydrogen) atoms. The van der Waals surface area contributed by atoms with E-state index in [0.717, 1.165) is 65.0 Å². The molecular weight excluding hydrogens is 407 g/mol. The highest BCUT2D eigenvalue weighted by molar-refractivity contribution is 14.0. The lowest BCUT2D eigenvalue weighted by Gasteiger charge is -2.31. The summed E-state index contributed by atoms with van der Waals surface area (Å²) in [6.07, 6.45) is 1.19. The fourth-order valence-electron chi connectivity index (χ4n) is 3.17. The molecule has 2 unspecified atom stereocenters. The first-order chi connectivity index (χ1) is 10.7. The van der Waals surface area contributed by atoms with Crippen LogP contribution < -0.4 is 5.32 Å². The number of methoxy groups -OCH3 is 1. The van der Waals surface area contributed by atoms with Crippen LogP contribution in [0.4, 0.5) is 0 Å². The van der Waals surface area contributed by atoms with Crippen LogP contribution in [0.25, 0.3) is 0 Å². The quantitative estimate of drug-likeness (QED) is 0.383. The summed E-state index contributed by atoms with van der Waals surface area (Å²) in [5, 5.41) is 3.44. The minimum atomic E-state index is 0. The van der Waals surface area contributed by atoms with Crippen LogP contribution in [0.1, 0.15) is 20.3 Å². The van der Waals surface area contributed by atoms with Gasteiger partial charge in [0.15, 0.2) is 5.96 Å². The standard InChI is InChI=1S/C16H32N4O2.HI/c1-4-17-16(20-6-5-15(12-20)13-21-3)18-11-14(2)19-7-9-22-10-8-19;/h14-15H,4-13H2,1-3H3,(H,17,18);1H. The van der Waals surface area contributed by atoms with E-state index in [1.165, 1.54) is 6.42 Å². The molecule has 0 radical (unpaired) electrons. The van der Waals surface area contributed by atoms with Crippen molar-refractivity contribution in [1.82, 2.24) is 15.1 Å². The van der Waals surface area contributed by atoms with Crippen molar-refractivity contribution in [3.8, 4) is 0 Å². The van der Waals surface area contributed by atoms with Gasteiger partial charge in [-0.1, -0.05) is 0 Å². The lowest BCUT2D eigenvalue weighted by Crippen LogP contribution is -2.45. The number of nitrogens with zero attached hydrogens (tertiary/aromatic N) is 3. The smallest absolute Gasteiger partial charge is 0.193 e. The Bertz CT molecular complexity index is 351. The van der Waals surface area contributed by atoms with Gasteiger partial charge in [0, 0.05) is 51.8 Å². The Morgan fingerprint density at radius 3 is 2.74 bits per heavy atom. The van der Waals surface area contributed by atoms with Crippen molar-refractivity contribution in [2.75, 3.05) is 66.2 Å². The molecule has 2 atom stereocenters. The van der Waals surface area contributed by atoms with Crippen LogP contribution in [0, 0.1) is 5.92 Å². The summed E-state index contributed by atoms with van der Waals surface area (Å²) in [6, 6.07) is 0.468. The van der Waals surface area contributed by atoms with Crippen molar-refractivity contribution in [2.45, 2.75) is 26.3 Å². The molecule has 2 aliphatic rings. The second-order valence-electron chi connectivity index (χ2n) is 6.25. The zero-order valence-corrected chi connectivity index (χ0v) is 17.1. The minimum absolute atomic E-state index is 0. The van der Waals surface area contributed by atoms with E-state index in [-0.39, 0.29) is 24.0 Å². The number of halogens is 1. The predicted octanol–water partition coefficient (Wildman–Crippen LogP) is 1.26.